The van der Waals surface area contributed by atoms with Crippen molar-refractivity contribution in [1.29, 1.82) is 0 Å². The van der Waals surface area contributed by atoms with Crippen LogP contribution in [0.1, 0.15) is 53.5 Å². The van der Waals surface area contributed by atoms with E-state index in [1.165, 1.54) is 6.07 Å². The maximum absolute atomic E-state index is 12.6. The molecule has 0 saturated heterocycles. The van der Waals surface area contributed by atoms with Gasteiger partial charge in [0.2, 0.25) is 5.78 Å². The molecule has 33 heavy (non-hydrogen) atoms. The Labute approximate surface area is 191 Å². The number of amides is 1. The summed E-state index contributed by atoms with van der Waals surface area (Å²) in [6.45, 7) is 2.67. The molecule has 0 spiro atoms. The minimum atomic E-state index is -0.670. The first-order valence-corrected chi connectivity index (χ1v) is 10.8. The number of hydrogen-bond donors (Lipinski definition) is 2. The summed E-state index contributed by atoms with van der Waals surface area (Å²) >= 11 is 0. The zero-order valence-corrected chi connectivity index (χ0v) is 18.4. The molecule has 1 amide bonds. The summed E-state index contributed by atoms with van der Waals surface area (Å²) in [5.41, 5.74) is 2.99. The highest BCUT2D eigenvalue weighted by molar-refractivity contribution is 6.36. The van der Waals surface area contributed by atoms with Gasteiger partial charge in [-0.3, -0.25) is 9.59 Å². The van der Waals surface area contributed by atoms with E-state index in [1.807, 2.05) is 6.07 Å². The smallest absolute Gasteiger partial charge is 0.346 e. The van der Waals surface area contributed by atoms with Crippen LogP contribution in [0.4, 0.5) is 0 Å². The average Bonchev–Trinajstić information content (AvgIpc) is 2.84. The SMILES string of the molecule is CCCCCCOc1ccccc1C(=O)/C=N/NC(=O)c1cc(-c2ccccc2)nc(=O)[nH]1. The molecule has 8 heteroatoms. The summed E-state index contributed by atoms with van der Waals surface area (Å²) in [6, 6.07) is 17.4. The molecule has 170 valence electrons. The van der Waals surface area contributed by atoms with Gasteiger partial charge in [-0.05, 0) is 24.6 Å². The lowest BCUT2D eigenvalue weighted by molar-refractivity contribution is 0.0949. The van der Waals surface area contributed by atoms with Gasteiger partial charge in [0.25, 0.3) is 5.91 Å². The van der Waals surface area contributed by atoms with E-state index in [0.29, 0.717) is 29.2 Å². The number of benzene rings is 2. The van der Waals surface area contributed by atoms with Gasteiger partial charge >= 0.3 is 5.69 Å². The molecular weight excluding hydrogens is 420 g/mol. The maximum atomic E-state index is 12.6. The Kier molecular flexibility index (Phi) is 8.64. The number of H-pyrrole nitrogens is 1. The third kappa shape index (κ3) is 6.96. The molecule has 8 nitrogen and oxygen atoms in total. The van der Waals surface area contributed by atoms with Crippen molar-refractivity contribution in [3.63, 3.8) is 0 Å². The maximum Gasteiger partial charge on any atom is 0.346 e. The molecular formula is C25H26N4O4. The number of unbranched alkanes of at least 4 members (excludes halogenated alkanes) is 3. The van der Waals surface area contributed by atoms with Crippen molar-refractivity contribution in [1.82, 2.24) is 15.4 Å². The lowest BCUT2D eigenvalue weighted by atomic mass is 10.1. The Morgan fingerprint density at radius 1 is 1.06 bits per heavy atom. The van der Waals surface area contributed by atoms with E-state index in [2.05, 4.69) is 27.4 Å². The molecule has 0 atom stereocenters. The molecule has 0 aliphatic carbocycles. The Hall–Kier alpha value is -4.07. The fourth-order valence-electron chi connectivity index (χ4n) is 3.12. The lowest BCUT2D eigenvalue weighted by Crippen LogP contribution is -2.24. The van der Waals surface area contributed by atoms with E-state index >= 15 is 0 Å². The minimum absolute atomic E-state index is 0.0192. The zero-order chi connectivity index (χ0) is 23.5. The van der Waals surface area contributed by atoms with Crippen LogP contribution in [0.3, 0.4) is 0 Å². The minimum Gasteiger partial charge on any atom is -0.493 e. The highest BCUT2D eigenvalue weighted by Gasteiger charge is 2.12. The standard InChI is InChI=1S/C25H26N4O4/c1-2-3-4-10-15-33-23-14-9-8-13-19(23)22(30)17-26-29-24(31)21-16-20(27-25(32)28-21)18-11-6-5-7-12-18/h5-9,11-14,16-17H,2-4,10,15H2,1H3,(H,29,31)(H,27,28,32)/b26-17+. The van der Waals surface area contributed by atoms with Crippen molar-refractivity contribution in [2.24, 2.45) is 5.10 Å². The number of nitrogens with one attached hydrogen (secondary N) is 2. The second-order valence-electron chi connectivity index (χ2n) is 7.32. The van der Waals surface area contributed by atoms with Gasteiger partial charge in [0.1, 0.15) is 11.4 Å². The van der Waals surface area contributed by atoms with Gasteiger partial charge in [0, 0.05) is 5.56 Å². The number of hydrogen-bond acceptors (Lipinski definition) is 6. The number of ketones is 1. The normalized spacial score (nSPS) is 10.8. The van der Waals surface area contributed by atoms with Crippen LogP contribution >= 0.6 is 0 Å². The lowest BCUT2D eigenvalue weighted by Gasteiger charge is -2.09. The van der Waals surface area contributed by atoms with Crippen molar-refractivity contribution < 1.29 is 14.3 Å². The van der Waals surface area contributed by atoms with Crippen LogP contribution in [0, 0.1) is 0 Å². The number of nitrogens with zero attached hydrogens (tertiary/aromatic N) is 2. The number of carbonyl (C=O) groups is 2. The molecule has 3 rings (SSSR count). The molecule has 2 N–H and O–H groups in total. The first kappa shape index (κ1) is 23.6. The van der Waals surface area contributed by atoms with Gasteiger partial charge < -0.3 is 9.72 Å². The predicted octanol–water partition coefficient (Wildman–Crippen LogP) is 3.99. The monoisotopic (exact) mass is 446 g/mol. The molecule has 0 aliphatic rings. The van der Waals surface area contributed by atoms with Gasteiger partial charge in [-0.1, -0.05) is 68.7 Å². The number of Topliss-reactive ketones (excluding diaryl/α,β-unsaturated/α-hetero) is 1. The van der Waals surface area contributed by atoms with Crippen LogP contribution < -0.4 is 15.9 Å². The van der Waals surface area contributed by atoms with Gasteiger partial charge in [-0.15, -0.1) is 0 Å². The largest absolute Gasteiger partial charge is 0.493 e. The van der Waals surface area contributed by atoms with Crippen molar-refractivity contribution in [3.8, 4) is 17.0 Å². The summed E-state index contributed by atoms with van der Waals surface area (Å²) in [5.74, 6) is -0.605. The van der Waals surface area contributed by atoms with E-state index in [-0.39, 0.29) is 5.69 Å². The summed E-state index contributed by atoms with van der Waals surface area (Å²) < 4.78 is 5.75. The van der Waals surface area contributed by atoms with Crippen LogP contribution in [0.5, 0.6) is 5.75 Å². The Morgan fingerprint density at radius 2 is 1.82 bits per heavy atom. The zero-order valence-electron chi connectivity index (χ0n) is 18.4. The molecule has 1 aromatic heterocycles. The molecule has 0 fully saturated rings. The van der Waals surface area contributed by atoms with Crippen LogP contribution in [-0.4, -0.2) is 34.5 Å². The van der Waals surface area contributed by atoms with E-state index in [1.54, 1.807) is 48.5 Å². The van der Waals surface area contributed by atoms with Crippen molar-refractivity contribution in [2.75, 3.05) is 6.61 Å². The molecule has 0 bridgehead atoms. The quantitative estimate of drug-likeness (QED) is 0.200. The van der Waals surface area contributed by atoms with Crippen LogP contribution in [-0.2, 0) is 0 Å². The Morgan fingerprint density at radius 3 is 2.61 bits per heavy atom. The molecule has 0 unspecified atom stereocenters. The number of ether oxygens (including phenoxy) is 1. The van der Waals surface area contributed by atoms with Gasteiger partial charge in [-0.2, -0.15) is 10.1 Å². The van der Waals surface area contributed by atoms with Crippen molar-refractivity contribution in [2.45, 2.75) is 32.6 Å². The highest BCUT2D eigenvalue weighted by Crippen LogP contribution is 2.19. The van der Waals surface area contributed by atoms with Gasteiger partial charge in [-0.25, -0.2) is 10.2 Å². The first-order valence-electron chi connectivity index (χ1n) is 10.8. The Balaban J connectivity index is 1.64. The molecule has 0 saturated carbocycles. The first-order chi connectivity index (χ1) is 16.1. The second kappa shape index (κ2) is 12.1. The summed E-state index contributed by atoms with van der Waals surface area (Å²) in [4.78, 5) is 43.1. The summed E-state index contributed by atoms with van der Waals surface area (Å²) in [5, 5.41) is 3.75. The summed E-state index contributed by atoms with van der Waals surface area (Å²) in [7, 11) is 0. The molecule has 3 aromatic rings. The predicted molar refractivity (Wildman–Crippen MR) is 127 cm³/mol. The molecule has 0 aliphatic heterocycles. The second-order valence-corrected chi connectivity index (χ2v) is 7.32. The third-order valence-corrected chi connectivity index (χ3v) is 4.81. The number of hydrazone groups is 1. The van der Waals surface area contributed by atoms with Crippen LogP contribution in [0.25, 0.3) is 11.3 Å². The number of rotatable bonds is 11. The average molecular weight is 447 g/mol. The van der Waals surface area contributed by atoms with Gasteiger partial charge in [0.15, 0.2) is 0 Å². The number of para-hydroxylation sites is 1. The fraction of sp³-hybridized carbons (Fsp3) is 0.240. The fourth-order valence-corrected chi connectivity index (χ4v) is 3.12. The number of aromatic nitrogens is 2. The summed E-state index contributed by atoms with van der Waals surface area (Å²) in [6.07, 6.45) is 5.28. The van der Waals surface area contributed by atoms with Gasteiger partial charge in [0.05, 0.1) is 24.1 Å². The molecule has 0 radical (unpaired) electrons. The third-order valence-electron chi connectivity index (χ3n) is 4.81. The Bertz CT molecular complexity index is 1170. The molecule has 2 aromatic carbocycles. The topological polar surface area (TPSA) is 114 Å². The van der Waals surface area contributed by atoms with Crippen molar-refractivity contribution >= 4 is 17.9 Å². The van der Waals surface area contributed by atoms with E-state index in [0.717, 1.165) is 31.9 Å². The number of carbonyl (C=O) groups excluding carboxylic acids is 2. The highest BCUT2D eigenvalue weighted by atomic mass is 16.5. The van der Waals surface area contributed by atoms with Crippen molar-refractivity contribution in [3.05, 3.63) is 82.4 Å². The number of aromatic amines is 1. The molecule has 1 heterocycles. The van der Waals surface area contributed by atoms with E-state index in [4.69, 9.17) is 4.74 Å². The van der Waals surface area contributed by atoms with Crippen LogP contribution in [0.2, 0.25) is 0 Å². The van der Waals surface area contributed by atoms with Crippen LogP contribution in [0.15, 0.2) is 70.6 Å². The van der Waals surface area contributed by atoms with E-state index < -0.39 is 17.4 Å². The van der Waals surface area contributed by atoms with E-state index in [9.17, 15) is 14.4 Å².